The summed E-state index contributed by atoms with van der Waals surface area (Å²) < 4.78 is 10.5. The number of nitrogens with two attached hydrogens (primary N) is 1. The van der Waals surface area contributed by atoms with Crippen LogP contribution in [0.25, 0.3) is 0 Å². The van der Waals surface area contributed by atoms with Gasteiger partial charge < -0.3 is 25.8 Å². The molecule has 0 atom stereocenters. The van der Waals surface area contributed by atoms with Gasteiger partial charge in [0.25, 0.3) is 11.6 Å². The van der Waals surface area contributed by atoms with Gasteiger partial charge in [-0.2, -0.15) is 0 Å². The Kier molecular flexibility index (Phi) is 7.30. The largest absolute Gasteiger partial charge is 0.493 e. The third kappa shape index (κ3) is 5.43. The van der Waals surface area contributed by atoms with E-state index in [-0.39, 0.29) is 35.6 Å². The molecule has 0 radical (unpaired) electrons. The average molecular weight is 428 g/mol. The van der Waals surface area contributed by atoms with Crippen molar-refractivity contribution in [1.29, 1.82) is 0 Å². The Bertz CT molecular complexity index is 941. The summed E-state index contributed by atoms with van der Waals surface area (Å²) in [6, 6.07) is 10.1. The number of methoxy groups -OCH3 is 2. The molecule has 9 heteroatoms. The number of carbonyl (C=O) groups excluding carboxylic acids is 1. The number of para-hydroxylation sites is 1. The molecule has 166 valence electrons. The van der Waals surface area contributed by atoms with Gasteiger partial charge in [-0.1, -0.05) is 12.1 Å². The number of nitro benzene ring substituents is 1. The second kappa shape index (κ2) is 10.1. The fraction of sp³-hybridized carbons (Fsp3) is 0.409. The highest BCUT2D eigenvalue weighted by Gasteiger charge is 2.26. The van der Waals surface area contributed by atoms with Gasteiger partial charge in [0.15, 0.2) is 11.5 Å². The Labute approximate surface area is 181 Å². The van der Waals surface area contributed by atoms with Crippen LogP contribution in [0.2, 0.25) is 0 Å². The Hall–Kier alpha value is -3.33. The maximum absolute atomic E-state index is 12.9. The third-order valence-electron chi connectivity index (χ3n) is 5.51. The van der Waals surface area contributed by atoms with Gasteiger partial charge in [-0.25, -0.2) is 0 Å². The van der Waals surface area contributed by atoms with Gasteiger partial charge in [0.1, 0.15) is 5.69 Å². The van der Waals surface area contributed by atoms with Gasteiger partial charge in [0, 0.05) is 24.7 Å². The number of carbonyl (C=O) groups is 1. The van der Waals surface area contributed by atoms with Crippen LogP contribution in [-0.2, 0) is 6.54 Å². The highest BCUT2D eigenvalue weighted by molar-refractivity contribution is 6.01. The van der Waals surface area contributed by atoms with E-state index in [4.69, 9.17) is 15.2 Å². The SMILES string of the molecule is COc1ccc(CNC(=O)c2cccc([N+](=O)[O-])c2N[C@H]2CC[C@H](N)CC2)cc1OC. The lowest BCUT2D eigenvalue weighted by molar-refractivity contribution is -0.384. The average Bonchev–Trinajstić information content (AvgIpc) is 2.78. The van der Waals surface area contributed by atoms with Crippen molar-refractivity contribution in [1.82, 2.24) is 5.32 Å². The van der Waals surface area contributed by atoms with Crippen LogP contribution in [0.5, 0.6) is 11.5 Å². The van der Waals surface area contributed by atoms with E-state index >= 15 is 0 Å². The second-order valence-corrected chi connectivity index (χ2v) is 7.58. The summed E-state index contributed by atoms with van der Waals surface area (Å²) in [5.74, 6) is 0.755. The first-order valence-corrected chi connectivity index (χ1v) is 10.2. The maximum Gasteiger partial charge on any atom is 0.293 e. The van der Waals surface area contributed by atoms with Crippen LogP contribution in [-0.4, -0.2) is 37.1 Å². The Morgan fingerprint density at radius 1 is 1.13 bits per heavy atom. The van der Waals surface area contributed by atoms with Crippen LogP contribution >= 0.6 is 0 Å². The molecule has 4 N–H and O–H groups in total. The number of benzene rings is 2. The molecule has 0 spiro atoms. The fourth-order valence-electron chi connectivity index (χ4n) is 3.77. The van der Waals surface area contributed by atoms with Crippen LogP contribution in [0.15, 0.2) is 36.4 Å². The van der Waals surface area contributed by atoms with Crippen molar-refractivity contribution in [2.24, 2.45) is 5.73 Å². The molecule has 0 aromatic heterocycles. The number of hydrogen-bond donors (Lipinski definition) is 3. The summed E-state index contributed by atoms with van der Waals surface area (Å²) in [5, 5.41) is 17.7. The minimum Gasteiger partial charge on any atom is -0.493 e. The monoisotopic (exact) mass is 428 g/mol. The molecule has 0 heterocycles. The van der Waals surface area contributed by atoms with Crippen LogP contribution in [0, 0.1) is 10.1 Å². The summed E-state index contributed by atoms with van der Waals surface area (Å²) in [7, 11) is 3.09. The van der Waals surface area contributed by atoms with Crippen LogP contribution in [0.3, 0.4) is 0 Å². The minimum atomic E-state index is -0.470. The summed E-state index contributed by atoms with van der Waals surface area (Å²) in [5.41, 5.74) is 7.15. The summed E-state index contributed by atoms with van der Waals surface area (Å²) in [6.45, 7) is 0.236. The predicted molar refractivity (Wildman–Crippen MR) is 118 cm³/mol. The molecule has 2 aromatic carbocycles. The van der Waals surface area contributed by atoms with Gasteiger partial charge >= 0.3 is 0 Å². The van der Waals surface area contributed by atoms with E-state index in [9.17, 15) is 14.9 Å². The van der Waals surface area contributed by atoms with Crippen molar-refractivity contribution in [2.75, 3.05) is 19.5 Å². The molecule has 1 aliphatic rings. The van der Waals surface area contributed by atoms with Gasteiger partial charge in [0.05, 0.1) is 24.7 Å². The molecular weight excluding hydrogens is 400 g/mol. The van der Waals surface area contributed by atoms with Crippen LogP contribution in [0.1, 0.15) is 41.6 Å². The van der Waals surface area contributed by atoms with Crippen molar-refractivity contribution in [3.63, 3.8) is 0 Å². The zero-order chi connectivity index (χ0) is 22.4. The zero-order valence-electron chi connectivity index (χ0n) is 17.7. The quantitative estimate of drug-likeness (QED) is 0.435. The molecule has 3 rings (SSSR count). The zero-order valence-corrected chi connectivity index (χ0v) is 17.7. The molecule has 1 amide bonds. The molecule has 0 unspecified atom stereocenters. The van der Waals surface area contributed by atoms with Crippen molar-refractivity contribution >= 4 is 17.3 Å². The molecule has 9 nitrogen and oxygen atoms in total. The number of amides is 1. The van der Waals surface area contributed by atoms with Crippen LogP contribution in [0.4, 0.5) is 11.4 Å². The summed E-state index contributed by atoms with van der Waals surface area (Å²) in [4.78, 5) is 24.1. The maximum atomic E-state index is 12.9. The van der Waals surface area contributed by atoms with Crippen molar-refractivity contribution < 1.29 is 19.2 Å². The smallest absolute Gasteiger partial charge is 0.293 e. The normalized spacial score (nSPS) is 18.2. The first kappa shape index (κ1) is 22.4. The Morgan fingerprint density at radius 3 is 2.48 bits per heavy atom. The van der Waals surface area contributed by atoms with E-state index in [0.717, 1.165) is 31.2 Å². The number of nitrogens with one attached hydrogen (secondary N) is 2. The lowest BCUT2D eigenvalue weighted by Crippen LogP contribution is -2.33. The van der Waals surface area contributed by atoms with E-state index < -0.39 is 10.8 Å². The van der Waals surface area contributed by atoms with Crippen LogP contribution < -0.4 is 25.8 Å². The van der Waals surface area contributed by atoms with E-state index in [2.05, 4.69) is 10.6 Å². The number of nitrogens with zero attached hydrogens (tertiary/aromatic N) is 1. The molecule has 1 fully saturated rings. The number of hydrogen-bond acceptors (Lipinski definition) is 7. The van der Waals surface area contributed by atoms with E-state index in [1.54, 1.807) is 32.4 Å². The number of rotatable bonds is 8. The number of ether oxygens (including phenoxy) is 2. The van der Waals surface area contributed by atoms with E-state index in [0.29, 0.717) is 11.5 Å². The fourth-order valence-corrected chi connectivity index (χ4v) is 3.77. The Morgan fingerprint density at radius 2 is 1.84 bits per heavy atom. The molecule has 31 heavy (non-hydrogen) atoms. The van der Waals surface area contributed by atoms with Gasteiger partial charge in [-0.05, 0) is 49.4 Å². The van der Waals surface area contributed by atoms with Gasteiger partial charge in [-0.3, -0.25) is 14.9 Å². The highest BCUT2D eigenvalue weighted by Crippen LogP contribution is 2.32. The lowest BCUT2D eigenvalue weighted by atomic mass is 9.91. The molecule has 2 aromatic rings. The van der Waals surface area contributed by atoms with Gasteiger partial charge in [-0.15, -0.1) is 0 Å². The van der Waals surface area contributed by atoms with Gasteiger partial charge in [0.2, 0.25) is 0 Å². The second-order valence-electron chi connectivity index (χ2n) is 7.58. The predicted octanol–water partition coefficient (Wildman–Crippen LogP) is 3.22. The Balaban J connectivity index is 1.78. The minimum absolute atomic E-state index is 0.0401. The molecule has 0 saturated heterocycles. The van der Waals surface area contributed by atoms with Crippen molar-refractivity contribution in [2.45, 2.75) is 44.3 Å². The lowest BCUT2D eigenvalue weighted by Gasteiger charge is -2.28. The molecule has 1 saturated carbocycles. The molecule has 0 aliphatic heterocycles. The third-order valence-corrected chi connectivity index (χ3v) is 5.51. The first-order valence-electron chi connectivity index (χ1n) is 10.2. The van der Waals surface area contributed by atoms with E-state index in [1.165, 1.54) is 12.1 Å². The van der Waals surface area contributed by atoms with Crippen molar-refractivity contribution in [3.8, 4) is 11.5 Å². The molecular formula is C22H28N4O5. The number of nitro groups is 1. The molecule has 0 bridgehead atoms. The standard InChI is InChI=1S/C22H28N4O5/c1-30-19-11-6-14(12-20(19)31-2)13-24-22(27)17-4-3-5-18(26(28)29)21(17)25-16-9-7-15(23)8-10-16/h3-6,11-12,15-16,25H,7-10,13,23H2,1-2H3,(H,24,27)/t15-,16-. The van der Waals surface area contributed by atoms with E-state index in [1.807, 2.05) is 6.07 Å². The van der Waals surface area contributed by atoms with Crippen molar-refractivity contribution in [3.05, 3.63) is 57.6 Å². The molecule has 1 aliphatic carbocycles. The summed E-state index contributed by atoms with van der Waals surface area (Å²) >= 11 is 0. The topological polar surface area (TPSA) is 129 Å². The first-order chi connectivity index (χ1) is 14.9. The highest BCUT2D eigenvalue weighted by atomic mass is 16.6. The number of anilines is 1. The summed E-state index contributed by atoms with van der Waals surface area (Å²) in [6.07, 6.45) is 3.30.